The van der Waals surface area contributed by atoms with Crippen molar-refractivity contribution >= 4 is 0 Å². The second-order valence-corrected chi connectivity index (χ2v) is 3.24. The Morgan fingerprint density at radius 2 is 2.29 bits per heavy atom. The van der Waals surface area contributed by atoms with E-state index >= 15 is 0 Å². The summed E-state index contributed by atoms with van der Waals surface area (Å²) in [6.07, 6.45) is 3.53. The average Bonchev–Trinajstić information content (AvgIpc) is 2.45. The zero-order valence-electron chi connectivity index (χ0n) is 8.11. The van der Waals surface area contributed by atoms with E-state index in [2.05, 4.69) is 10.1 Å². The highest BCUT2D eigenvalue weighted by molar-refractivity contribution is 5.60. The van der Waals surface area contributed by atoms with Crippen molar-refractivity contribution in [3.8, 4) is 11.3 Å². The normalized spacial score (nSPS) is 10.4. The van der Waals surface area contributed by atoms with E-state index in [0.717, 1.165) is 17.0 Å². The molecule has 0 aliphatic heterocycles. The van der Waals surface area contributed by atoms with E-state index in [1.165, 1.54) is 6.07 Å². The predicted molar refractivity (Wildman–Crippen MR) is 54.0 cm³/mol. The molecule has 0 radical (unpaired) electrons. The van der Waals surface area contributed by atoms with Gasteiger partial charge in [-0.05, 0) is 6.92 Å². The van der Waals surface area contributed by atoms with Crippen molar-refractivity contribution in [1.82, 2.24) is 14.8 Å². The van der Waals surface area contributed by atoms with E-state index < -0.39 is 0 Å². The molecular formula is C10H11N3O. The number of pyridine rings is 1. The summed E-state index contributed by atoms with van der Waals surface area (Å²) >= 11 is 0. The fourth-order valence-corrected chi connectivity index (χ4v) is 1.47. The van der Waals surface area contributed by atoms with Crippen LogP contribution in [0.2, 0.25) is 0 Å². The molecule has 4 nitrogen and oxygen atoms in total. The summed E-state index contributed by atoms with van der Waals surface area (Å²) < 4.78 is 1.73. The smallest absolute Gasteiger partial charge is 0.182 e. The number of nitrogens with zero attached hydrogens (tertiary/aromatic N) is 2. The summed E-state index contributed by atoms with van der Waals surface area (Å²) in [7, 11) is 1.86. The lowest BCUT2D eigenvalue weighted by atomic mass is 10.2. The summed E-state index contributed by atoms with van der Waals surface area (Å²) in [5.74, 6) is 0. The van der Waals surface area contributed by atoms with Crippen LogP contribution in [0.25, 0.3) is 11.3 Å². The quantitative estimate of drug-likeness (QED) is 0.729. The second kappa shape index (κ2) is 3.14. The monoisotopic (exact) mass is 189 g/mol. The second-order valence-electron chi connectivity index (χ2n) is 3.24. The van der Waals surface area contributed by atoms with Gasteiger partial charge in [-0.15, -0.1) is 0 Å². The van der Waals surface area contributed by atoms with Crippen molar-refractivity contribution in [2.24, 2.45) is 7.05 Å². The van der Waals surface area contributed by atoms with Crippen LogP contribution in [0.1, 0.15) is 5.69 Å². The zero-order chi connectivity index (χ0) is 10.1. The molecule has 2 heterocycles. The van der Waals surface area contributed by atoms with E-state index in [0.29, 0.717) is 0 Å². The van der Waals surface area contributed by atoms with Gasteiger partial charge in [-0.1, -0.05) is 0 Å². The highest BCUT2D eigenvalue weighted by atomic mass is 16.1. The van der Waals surface area contributed by atoms with Crippen LogP contribution in [0.5, 0.6) is 0 Å². The molecule has 2 rings (SSSR count). The van der Waals surface area contributed by atoms with Gasteiger partial charge in [0.1, 0.15) is 0 Å². The van der Waals surface area contributed by atoms with Crippen molar-refractivity contribution in [2.45, 2.75) is 6.92 Å². The van der Waals surface area contributed by atoms with Gasteiger partial charge in [0.15, 0.2) is 5.43 Å². The van der Waals surface area contributed by atoms with Crippen LogP contribution in [0.4, 0.5) is 0 Å². The number of hydrogen-bond acceptors (Lipinski definition) is 2. The number of hydrogen-bond donors (Lipinski definition) is 1. The van der Waals surface area contributed by atoms with E-state index in [4.69, 9.17) is 0 Å². The maximum absolute atomic E-state index is 11.1. The molecule has 0 unspecified atom stereocenters. The summed E-state index contributed by atoms with van der Waals surface area (Å²) in [6.45, 7) is 1.92. The Balaban J connectivity index is 2.59. The summed E-state index contributed by atoms with van der Waals surface area (Å²) in [5, 5.41) is 4.21. The van der Waals surface area contributed by atoms with Crippen molar-refractivity contribution in [3.63, 3.8) is 0 Å². The summed E-state index contributed by atoms with van der Waals surface area (Å²) in [4.78, 5) is 14.2. The number of aryl methyl sites for hydroxylation is 2. The molecular weight excluding hydrogens is 178 g/mol. The Kier molecular flexibility index (Phi) is 1.96. The lowest BCUT2D eigenvalue weighted by Gasteiger charge is -1.96. The van der Waals surface area contributed by atoms with Gasteiger partial charge in [-0.3, -0.25) is 9.48 Å². The topological polar surface area (TPSA) is 50.7 Å². The van der Waals surface area contributed by atoms with Crippen LogP contribution in [0.3, 0.4) is 0 Å². The number of nitrogens with one attached hydrogen (secondary N) is 1. The third-order valence-corrected chi connectivity index (χ3v) is 2.08. The maximum atomic E-state index is 11.1. The summed E-state index contributed by atoms with van der Waals surface area (Å²) in [5.41, 5.74) is 2.68. The molecule has 0 saturated heterocycles. The zero-order valence-corrected chi connectivity index (χ0v) is 8.11. The molecule has 0 amide bonds. The van der Waals surface area contributed by atoms with Gasteiger partial charge in [0.25, 0.3) is 0 Å². The third-order valence-electron chi connectivity index (χ3n) is 2.08. The first-order chi connectivity index (χ1) is 6.66. The third kappa shape index (κ3) is 1.46. The van der Waals surface area contributed by atoms with Crippen LogP contribution >= 0.6 is 0 Å². The molecule has 72 valence electrons. The molecule has 4 heteroatoms. The van der Waals surface area contributed by atoms with Crippen LogP contribution in [-0.4, -0.2) is 14.8 Å². The minimum Gasteiger partial charge on any atom is -0.361 e. The Hall–Kier alpha value is -1.84. The fraction of sp³-hybridized carbons (Fsp3) is 0.200. The van der Waals surface area contributed by atoms with Crippen LogP contribution in [-0.2, 0) is 7.05 Å². The number of aromatic amines is 1. The van der Waals surface area contributed by atoms with Crippen LogP contribution < -0.4 is 5.43 Å². The molecule has 14 heavy (non-hydrogen) atoms. The average molecular weight is 189 g/mol. The standard InChI is InChI=1S/C10H11N3O/c1-7-9(6-13(2)12-7)10-5-8(14)3-4-11-10/h3-6H,1-2H3,(H,11,14). The van der Waals surface area contributed by atoms with Gasteiger partial charge >= 0.3 is 0 Å². The molecule has 0 aromatic carbocycles. The molecule has 0 bridgehead atoms. The predicted octanol–water partition coefficient (Wildman–Crippen LogP) is 1.08. The van der Waals surface area contributed by atoms with Crippen molar-refractivity contribution in [1.29, 1.82) is 0 Å². The van der Waals surface area contributed by atoms with Crippen molar-refractivity contribution < 1.29 is 0 Å². The minimum atomic E-state index is 0.00185. The Bertz CT molecular complexity index is 510. The van der Waals surface area contributed by atoms with Crippen LogP contribution in [0.15, 0.2) is 29.3 Å². The lowest BCUT2D eigenvalue weighted by molar-refractivity contribution is 0.756. The Labute approximate surface area is 81.2 Å². The van der Waals surface area contributed by atoms with Gasteiger partial charge in [-0.2, -0.15) is 5.10 Å². The first-order valence-corrected chi connectivity index (χ1v) is 4.36. The van der Waals surface area contributed by atoms with Gasteiger partial charge in [0, 0.05) is 37.1 Å². The molecule has 1 N–H and O–H groups in total. The molecule has 0 spiro atoms. The first kappa shape index (κ1) is 8.74. The number of rotatable bonds is 1. The van der Waals surface area contributed by atoms with Gasteiger partial charge in [-0.25, -0.2) is 0 Å². The van der Waals surface area contributed by atoms with E-state index in [9.17, 15) is 4.79 Å². The lowest BCUT2D eigenvalue weighted by Crippen LogP contribution is -1.98. The molecule has 0 fully saturated rings. The van der Waals surface area contributed by atoms with Gasteiger partial charge < -0.3 is 4.98 Å². The SMILES string of the molecule is Cc1nn(C)cc1-c1cc(=O)cc[nH]1. The molecule has 0 saturated carbocycles. The molecule has 0 aliphatic rings. The maximum Gasteiger partial charge on any atom is 0.182 e. The molecule has 2 aromatic heterocycles. The minimum absolute atomic E-state index is 0.00185. The van der Waals surface area contributed by atoms with Gasteiger partial charge in [0.2, 0.25) is 0 Å². The molecule has 2 aromatic rings. The summed E-state index contributed by atoms with van der Waals surface area (Å²) in [6, 6.07) is 3.07. The highest BCUT2D eigenvalue weighted by Crippen LogP contribution is 2.17. The largest absolute Gasteiger partial charge is 0.361 e. The Morgan fingerprint density at radius 1 is 1.50 bits per heavy atom. The van der Waals surface area contributed by atoms with Crippen molar-refractivity contribution in [3.05, 3.63) is 40.4 Å². The number of aromatic nitrogens is 3. The fourth-order valence-electron chi connectivity index (χ4n) is 1.47. The van der Waals surface area contributed by atoms with Crippen LogP contribution in [0, 0.1) is 6.92 Å². The van der Waals surface area contributed by atoms with Crippen molar-refractivity contribution in [2.75, 3.05) is 0 Å². The molecule has 0 aliphatic carbocycles. The Morgan fingerprint density at radius 3 is 2.86 bits per heavy atom. The number of H-pyrrole nitrogens is 1. The van der Waals surface area contributed by atoms with E-state index in [-0.39, 0.29) is 5.43 Å². The highest BCUT2D eigenvalue weighted by Gasteiger charge is 2.05. The van der Waals surface area contributed by atoms with Gasteiger partial charge in [0.05, 0.1) is 11.4 Å². The molecule has 0 atom stereocenters. The van der Waals surface area contributed by atoms with E-state index in [1.807, 2.05) is 20.2 Å². The first-order valence-electron chi connectivity index (χ1n) is 4.36. The van der Waals surface area contributed by atoms with E-state index in [1.54, 1.807) is 16.9 Å².